The number of pyridine rings is 2. The topological polar surface area (TPSA) is 109 Å². The van der Waals surface area contributed by atoms with Gasteiger partial charge in [-0.2, -0.15) is 10.2 Å². The zero-order chi connectivity index (χ0) is 20.2. The highest BCUT2D eigenvalue weighted by molar-refractivity contribution is 5.99. The number of hydrogen-bond donors (Lipinski definition) is 2. The summed E-state index contributed by atoms with van der Waals surface area (Å²) in [4.78, 5) is 31.6. The van der Waals surface area contributed by atoms with Crippen LogP contribution in [0.15, 0.2) is 59.3 Å². The van der Waals surface area contributed by atoms with Gasteiger partial charge in [0.15, 0.2) is 0 Å². The number of nitrogens with zero attached hydrogens (tertiary/aromatic N) is 4. The van der Waals surface area contributed by atoms with Crippen LogP contribution in [0.5, 0.6) is 0 Å². The largest absolute Gasteiger partial charge is 0.273 e. The molecular formula is C20H24N6O2. The zero-order valence-electron chi connectivity index (χ0n) is 16.1. The SMILES string of the molecule is C/C(=N\NC(=O)CCCCC(=O)N/N=C(\C)c1ccncc1)c1ccncc1. The first kappa shape index (κ1) is 20.9. The minimum atomic E-state index is -0.180. The van der Waals surface area contributed by atoms with Crippen LogP contribution in [-0.4, -0.2) is 33.2 Å². The van der Waals surface area contributed by atoms with Gasteiger partial charge in [-0.1, -0.05) is 0 Å². The van der Waals surface area contributed by atoms with Gasteiger partial charge in [-0.15, -0.1) is 0 Å². The third kappa shape index (κ3) is 7.45. The van der Waals surface area contributed by atoms with Gasteiger partial charge in [0.1, 0.15) is 0 Å². The van der Waals surface area contributed by atoms with Crippen molar-refractivity contribution in [2.24, 2.45) is 10.2 Å². The molecule has 0 aliphatic rings. The van der Waals surface area contributed by atoms with Gasteiger partial charge < -0.3 is 0 Å². The number of carbonyl (C=O) groups is 2. The molecule has 0 spiro atoms. The molecule has 0 bridgehead atoms. The minimum absolute atomic E-state index is 0.180. The molecule has 28 heavy (non-hydrogen) atoms. The monoisotopic (exact) mass is 380 g/mol. The van der Waals surface area contributed by atoms with E-state index in [1.54, 1.807) is 24.8 Å². The Labute approximate surface area is 164 Å². The highest BCUT2D eigenvalue weighted by atomic mass is 16.2. The second-order valence-electron chi connectivity index (χ2n) is 6.14. The normalized spacial score (nSPS) is 11.8. The Morgan fingerprint density at radius 2 is 1.11 bits per heavy atom. The van der Waals surface area contributed by atoms with E-state index in [9.17, 15) is 9.59 Å². The second-order valence-corrected chi connectivity index (χ2v) is 6.14. The van der Waals surface area contributed by atoms with Crippen molar-refractivity contribution in [3.8, 4) is 0 Å². The third-order valence-electron chi connectivity index (χ3n) is 3.95. The predicted octanol–water partition coefficient (Wildman–Crippen LogP) is 2.42. The lowest BCUT2D eigenvalue weighted by Crippen LogP contribution is -2.20. The summed E-state index contributed by atoms with van der Waals surface area (Å²) < 4.78 is 0. The van der Waals surface area contributed by atoms with Crippen LogP contribution in [0.2, 0.25) is 0 Å². The molecule has 2 N–H and O–H groups in total. The number of rotatable bonds is 9. The van der Waals surface area contributed by atoms with Crippen LogP contribution < -0.4 is 10.9 Å². The number of carbonyl (C=O) groups excluding carboxylic acids is 2. The molecule has 2 aromatic rings. The van der Waals surface area contributed by atoms with Crippen LogP contribution >= 0.6 is 0 Å². The molecule has 0 fully saturated rings. The molecule has 0 aliphatic carbocycles. The Bertz CT molecular complexity index is 763. The van der Waals surface area contributed by atoms with E-state index in [0.717, 1.165) is 11.1 Å². The zero-order valence-corrected chi connectivity index (χ0v) is 16.1. The first-order valence-corrected chi connectivity index (χ1v) is 9.03. The lowest BCUT2D eigenvalue weighted by atomic mass is 10.2. The molecule has 0 atom stereocenters. The quantitative estimate of drug-likeness (QED) is 0.395. The Morgan fingerprint density at radius 3 is 1.46 bits per heavy atom. The van der Waals surface area contributed by atoms with Gasteiger partial charge in [0, 0.05) is 48.8 Å². The smallest absolute Gasteiger partial charge is 0.240 e. The van der Waals surface area contributed by atoms with Gasteiger partial charge >= 0.3 is 0 Å². The molecule has 2 amide bonds. The molecular weight excluding hydrogens is 356 g/mol. The van der Waals surface area contributed by atoms with E-state index in [4.69, 9.17) is 0 Å². The maximum atomic E-state index is 11.8. The summed E-state index contributed by atoms with van der Waals surface area (Å²) in [7, 11) is 0. The van der Waals surface area contributed by atoms with Gasteiger partial charge in [0.05, 0.1) is 11.4 Å². The van der Waals surface area contributed by atoms with E-state index in [-0.39, 0.29) is 11.8 Å². The first-order chi connectivity index (χ1) is 13.6. The number of amides is 2. The summed E-state index contributed by atoms with van der Waals surface area (Å²) in [5.74, 6) is -0.360. The Morgan fingerprint density at radius 1 is 0.750 bits per heavy atom. The minimum Gasteiger partial charge on any atom is -0.273 e. The fourth-order valence-corrected chi connectivity index (χ4v) is 2.29. The van der Waals surface area contributed by atoms with Crippen molar-refractivity contribution in [3.63, 3.8) is 0 Å². The van der Waals surface area contributed by atoms with Crippen molar-refractivity contribution in [2.75, 3.05) is 0 Å². The Balaban J connectivity index is 1.64. The number of unbranched alkanes of at least 4 members (excludes halogenated alkanes) is 1. The van der Waals surface area contributed by atoms with Gasteiger partial charge in [0.2, 0.25) is 11.8 Å². The first-order valence-electron chi connectivity index (χ1n) is 9.03. The average Bonchev–Trinajstić information content (AvgIpc) is 2.74. The van der Waals surface area contributed by atoms with Crippen LogP contribution in [0.3, 0.4) is 0 Å². The molecule has 2 aromatic heterocycles. The van der Waals surface area contributed by atoms with Crippen LogP contribution in [0, 0.1) is 0 Å². The van der Waals surface area contributed by atoms with E-state index in [0.29, 0.717) is 37.1 Å². The number of hydrazone groups is 2. The summed E-state index contributed by atoms with van der Waals surface area (Å²) in [6.07, 6.45) is 8.48. The van der Waals surface area contributed by atoms with E-state index >= 15 is 0 Å². The molecule has 2 heterocycles. The fourth-order valence-electron chi connectivity index (χ4n) is 2.29. The lowest BCUT2D eigenvalue weighted by Gasteiger charge is -2.04. The second kappa shape index (κ2) is 11.3. The molecule has 0 unspecified atom stereocenters. The molecule has 8 heteroatoms. The predicted molar refractivity (Wildman–Crippen MR) is 108 cm³/mol. The molecule has 2 rings (SSSR count). The number of nitrogens with one attached hydrogen (secondary N) is 2. The van der Waals surface area contributed by atoms with Crippen LogP contribution in [0.1, 0.15) is 50.7 Å². The van der Waals surface area contributed by atoms with Gasteiger partial charge in [0.25, 0.3) is 0 Å². The van der Waals surface area contributed by atoms with Gasteiger partial charge in [-0.3, -0.25) is 19.6 Å². The van der Waals surface area contributed by atoms with E-state index in [2.05, 4.69) is 31.0 Å². The standard InChI is InChI=1S/C20H24N6O2/c1-15(17-7-11-21-12-8-17)23-25-19(27)5-3-4-6-20(28)26-24-16(2)18-9-13-22-14-10-18/h7-14H,3-6H2,1-2H3,(H,25,27)(H,26,28)/b23-15+,24-16+. The van der Waals surface area contributed by atoms with E-state index in [1.165, 1.54) is 0 Å². The van der Waals surface area contributed by atoms with Crippen LogP contribution in [-0.2, 0) is 9.59 Å². The Hall–Kier alpha value is -3.42. The maximum absolute atomic E-state index is 11.8. The van der Waals surface area contributed by atoms with Crippen molar-refractivity contribution in [3.05, 3.63) is 60.2 Å². The Kier molecular flexibility index (Phi) is 8.45. The number of hydrogen-bond acceptors (Lipinski definition) is 6. The molecule has 0 saturated heterocycles. The average molecular weight is 380 g/mol. The summed E-state index contributed by atoms with van der Waals surface area (Å²) in [5, 5.41) is 8.15. The molecule has 0 saturated carbocycles. The molecule has 0 aliphatic heterocycles. The summed E-state index contributed by atoms with van der Waals surface area (Å²) in [6, 6.07) is 7.29. The van der Waals surface area contributed by atoms with Crippen LogP contribution in [0.25, 0.3) is 0 Å². The molecule has 146 valence electrons. The van der Waals surface area contributed by atoms with Crippen molar-refractivity contribution in [1.29, 1.82) is 0 Å². The van der Waals surface area contributed by atoms with Crippen molar-refractivity contribution >= 4 is 23.2 Å². The van der Waals surface area contributed by atoms with Crippen molar-refractivity contribution in [2.45, 2.75) is 39.5 Å². The van der Waals surface area contributed by atoms with Crippen molar-refractivity contribution < 1.29 is 9.59 Å². The summed E-state index contributed by atoms with van der Waals surface area (Å²) in [5.41, 5.74) is 8.26. The van der Waals surface area contributed by atoms with Gasteiger partial charge in [-0.25, -0.2) is 10.9 Å². The van der Waals surface area contributed by atoms with E-state index < -0.39 is 0 Å². The lowest BCUT2D eigenvalue weighted by molar-refractivity contribution is -0.123. The van der Waals surface area contributed by atoms with E-state index in [1.807, 2.05) is 38.1 Å². The molecule has 0 radical (unpaired) electrons. The van der Waals surface area contributed by atoms with Crippen LogP contribution in [0.4, 0.5) is 0 Å². The highest BCUT2D eigenvalue weighted by Gasteiger charge is 2.05. The van der Waals surface area contributed by atoms with Gasteiger partial charge in [-0.05, 0) is 51.0 Å². The highest BCUT2D eigenvalue weighted by Crippen LogP contribution is 2.02. The molecule has 8 nitrogen and oxygen atoms in total. The summed E-state index contributed by atoms with van der Waals surface area (Å²) >= 11 is 0. The third-order valence-corrected chi connectivity index (χ3v) is 3.95. The summed E-state index contributed by atoms with van der Waals surface area (Å²) in [6.45, 7) is 3.63. The maximum Gasteiger partial charge on any atom is 0.240 e. The molecule has 0 aromatic carbocycles. The number of aromatic nitrogens is 2. The fraction of sp³-hybridized carbons (Fsp3) is 0.300. The van der Waals surface area contributed by atoms with Crippen molar-refractivity contribution in [1.82, 2.24) is 20.8 Å².